The van der Waals surface area contributed by atoms with Crippen molar-refractivity contribution in [3.05, 3.63) is 67.8 Å². The highest BCUT2D eigenvalue weighted by Gasteiger charge is 2.61. The molecule has 3 rings (SSSR count). The van der Waals surface area contributed by atoms with Gasteiger partial charge in [-0.25, -0.2) is 0 Å². The van der Waals surface area contributed by atoms with Gasteiger partial charge in [-0.15, -0.1) is 0 Å². The second kappa shape index (κ2) is 8.82. The molecular formula is C22H19I2NO3. The molecule has 0 saturated heterocycles. The van der Waals surface area contributed by atoms with Gasteiger partial charge < -0.3 is 9.47 Å². The molecule has 3 atom stereocenters. The van der Waals surface area contributed by atoms with Crippen LogP contribution in [0, 0.1) is 28.6 Å². The lowest BCUT2D eigenvalue weighted by molar-refractivity contribution is -0.149. The first-order valence-corrected chi connectivity index (χ1v) is 10.9. The Morgan fingerprint density at radius 3 is 2.46 bits per heavy atom. The third kappa shape index (κ3) is 4.87. The van der Waals surface area contributed by atoms with Crippen molar-refractivity contribution in [1.82, 2.24) is 0 Å². The van der Waals surface area contributed by atoms with Gasteiger partial charge in [0.25, 0.3) is 0 Å². The Bertz CT molecular complexity index is 930. The van der Waals surface area contributed by atoms with Gasteiger partial charge >= 0.3 is 5.97 Å². The molecule has 144 valence electrons. The minimum absolute atomic E-state index is 0.135. The highest BCUT2D eigenvalue weighted by Crippen LogP contribution is 2.60. The van der Waals surface area contributed by atoms with Crippen molar-refractivity contribution in [1.29, 1.82) is 5.26 Å². The molecule has 0 amide bonds. The number of ether oxygens (including phenoxy) is 2. The molecule has 2 aromatic rings. The molecule has 0 N–H and O–H groups in total. The fraction of sp³-hybridized carbons (Fsp3) is 0.273. The van der Waals surface area contributed by atoms with Crippen molar-refractivity contribution in [3.63, 3.8) is 0 Å². The SMILES string of the molecule is CC1(C)[C@H](C=C(I)I)[C@@H]1C(=O)O[C@@H](C#N)c1cccc(Oc2ccccc2)c1. The number of nitrogens with zero attached hydrogens (tertiary/aromatic N) is 1. The summed E-state index contributed by atoms with van der Waals surface area (Å²) < 4.78 is 12.5. The molecule has 0 aliphatic heterocycles. The number of allylic oxidation sites excluding steroid dienone is 1. The van der Waals surface area contributed by atoms with E-state index in [2.05, 4.69) is 57.3 Å². The molecule has 0 radical (unpaired) electrons. The summed E-state index contributed by atoms with van der Waals surface area (Å²) in [6, 6.07) is 18.6. The topological polar surface area (TPSA) is 59.3 Å². The Kier molecular flexibility index (Phi) is 6.65. The molecule has 0 unspecified atom stereocenters. The Morgan fingerprint density at radius 1 is 1.14 bits per heavy atom. The molecule has 1 saturated carbocycles. The number of hydrogen-bond acceptors (Lipinski definition) is 4. The van der Waals surface area contributed by atoms with Crippen LogP contribution in [0.4, 0.5) is 0 Å². The first-order valence-electron chi connectivity index (χ1n) is 8.78. The van der Waals surface area contributed by atoms with Crippen molar-refractivity contribution in [2.45, 2.75) is 20.0 Å². The van der Waals surface area contributed by atoms with E-state index in [-0.39, 0.29) is 23.2 Å². The van der Waals surface area contributed by atoms with Crippen LogP contribution >= 0.6 is 45.2 Å². The molecule has 1 fully saturated rings. The van der Waals surface area contributed by atoms with Crippen LogP contribution in [0.3, 0.4) is 0 Å². The van der Waals surface area contributed by atoms with E-state index in [9.17, 15) is 10.1 Å². The molecule has 28 heavy (non-hydrogen) atoms. The minimum Gasteiger partial charge on any atom is -0.457 e. The second-order valence-corrected chi connectivity index (χ2v) is 11.6. The maximum Gasteiger partial charge on any atom is 0.311 e. The van der Waals surface area contributed by atoms with Crippen LogP contribution in [0.2, 0.25) is 0 Å². The minimum atomic E-state index is -0.966. The fourth-order valence-electron chi connectivity index (χ4n) is 3.30. The maximum atomic E-state index is 12.7. The zero-order valence-corrected chi connectivity index (χ0v) is 19.7. The van der Waals surface area contributed by atoms with E-state index >= 15 is 0 Å². The summed E-state index contributed by atoms with van der Waals surface area (Å²) in [5.41, 5.74) is 0.440. The lowest BCUT2D eigenvalue weighted by Gasteiger charge is -2.13. The number of carbonyl (C=O) groups is 1. The first-order chi connectivity index (χ1) is 13.3. The van der Waals surface area contributed by atoms with Crippen LogP contribution in [-0.4, -0.2) is 5.97 Å². The largest absolute Gasteiger partial charge is 0.457 e. The van der Waals surface area contributed by atoms with Crippen LogP contribution in [0.25, 0.3) is 0 Å². The average molecular weight is 599 g/mol. The number of halogens is 2. The van der Waals surface area contributed by atoms with Gasteiger partial charge in [0.15, 0.2) is 0 Å². The highest BCUT2D eigenvalue weighted by molar-refractivity contribution is 14.2. The predicted molar refractivity (Wildman–Crippen MR) is 124 cm³/mol. The van der Waals surface area contributed by atoms with Gasteiger partial charge in [0.2, 0.25) is 6.10 Å². The summed E-state index contributed by atoms with van der Waals surface area (Å²) in [5.74, 6) is 0.865. The molecule has 0 spiro atoms. The Balaban J connectivity index is 1.72. The molecule has 1 aliphatic rings. The van der Waals surface area contributed by atoms with Gasteiger partial charge in [-0.1, -0.05) is 50.3 Å². The standard InChI is InChI=1S/C22H19I2NO3/c1-22(2)17(12-19(23)24)20(22)21(26)28-18(13-25)14-7-6-10-16(11-14)27-15-8-4-3-5-9-15/h3-12,17-18,20H,1-2H3/t17-,18+,20-/m1/s1. The van der Waals surface area contributed by atoms with E-state index in [1.165, 1.54) is 0 Å². The van der Waals surface area contributed by atoms with Crippen molar-refractivity contribution in [2.75, 3.05) is 0 Å². The van der Waals surface area contributed by atoms with Crippen molar-refractivity contribution in [2.24, 2.45) is 17.3 Å². The summed E-state index contributed by atoms with van der Waals surface area (Å²) in [7, 11) is 0. The van der Waals surface area contributed by atoms with Crippen LogP contribution in [0.1, 0.15) is 25.5 Å². The summed E-state index contributed by atoms with van der Waals surface area (Å²) in [4.78, 5) is 12.7. The quantitative estimate of drug-likeness (QED) is 0.279. The van der Waals surface area contributed by atoms with Gasteiger partial charge in [0.05, 0.1) is 5.92 Å². The van der Waals surface area contributed by atoms with E-state index in [1.807, 2.05) is 44.2 Å². The van der Waals surface area contributed by atoms with Crippen LogP contribution < -0.4 is 4.74 Å². The lowest BCUT2D eigenvalue weighted by atomic mass is 10.1. The summed E-state index contributed by atoms with van der Waals surface area (Å²) in [6.45, 7) is 4.10. The van der Waals surface area contributed by atoms with Crippen molar-refractivity contribution >= 4 is 51.2 Å². The van der Waals surface area contributed by atoms with Crippen LogP contribution in [-0.2, 0) is 9.53 Å². The Labute approximate surface area is 192 Å². The van der Waals surface area contributed by atoms with E-state index < -0.39 is 6.10 Å². The molecule has 0 bridgehead atoms. The zero-order chi connectivity index (χ0) is 20.3. The molecule has 0 aromatic heterocycles. The molecule has 4 nitrogen and oxygen atoms in total. The Morgan fingerprint density at radius 2 is 1.82 bits per heavy atom. The smallest absolute Gasteiger partial charge is 0.311 e. The number of rotatable bonds is 6. The van der Waals surface area contributed by atoms with Crippen molar-refractivity contribution in [3.8, 4) is 17.6 Å². The highest BCUT2D eigenvalue weighted by atomic mass is 127. The molecule has 0 heterocycles. The van der Waals surface area contributed by atoms with Gasteiger partial charge in [-0.3, -0.25) is 4.79 Å². The average Bonchev–Trinajstić information content (AvgIpc) is 3.20. The fourth-order valence-corrected chi connectivity index (χ4v) is 4.07. The first kappa shape index (κ1) is 21.1. The monoisotopic (exact) mass is 599 g/mol. The second-order valence-electron chi connectivity index (χ2n) is 7.21. The van der Waals surface area contributed by atoms with E-state index in [1.54, 1.807) is 24.3 Å². The number of hydrogen-bond donors (Lipinski definition) is 0. The van der Waals surface area contributed by atoms with Gasteiger partial charge in [-0.05, 0) is 80.8 Å². The third-order valence-electron chi connectivity index (χ3n) is 4.96. The summed E-state index contributed by atoms with van der Waals surface area (Å²) in [5, 5.41) is 9.57. The number of nitriles is 1. The van der Waals surface area contributed by atoms with E-state index in [0.717, 1.165) is 1.59 Å². The van der Waals surface area contributed by atoms with E-state index in [4.69, 9.17) is 9.47 Å². The van der Waals surface area contributed by atoms with Crippen LogP contribution in [0.5, 0.6) is 11.5 Å². The van der Waals surface area contributed by atoms with Crippen molar-refractivity contribution < 1.29 is 14.3 Å². The lowest BCUT2D eigenvalue weighted by Crippen LogP contribution is -2.14. The zero-order valence-electron chi connectivity index (χ0n) is 15.4. The normalized spacial score (nSPS) is 20.4. The number of benzene rings is 2. The maximum absolute atomic E-state index is 12.7. The van der Waals surface area contributed by atoms with Gasteiger partial charge in [-0.2, -0.15) is 5.26 Å². The number of para-hydroxylation sites is 1. The molecule has 6 heteroatoms. The van der Waals surface area contributed by atoms with Gasteiger partial charge in [0, 0.05) is 7.15 Å². The third-order valence-corrected chi connectivity index (χ3v) is 5.68. The summed E-state index contributed by atoms with van der Waals surface area (Å²) in [6.07, 6.45) is 1.12. The number of carbonyl (C=O) groups excluding carboxylic acids is 1. The van der Waals surface area contributed by atoms with E-state index in [0.29, 0.717) is 17.1 Å². The predicted octanol–water partition coefficient (Wildman–Crippen LogP) is 6.57. The Hall–Kier alpha value is -1.60. The molecular weight excluding hydrogens is 580 g/mol. The number of esters is 1. The van der Waals surface area contributed by atoms with Gasteiger partial charge in [0.1, 0.15) is 17.6 Å². The van der Waals surface area contributed by atoms with Crippen LogP contribution in [0.15, 0.2) is 62.3 Å². The molecule has 2 aromatic carbocycles. The molecule has 1 aliphatic carbocycles. The summed E-state index contributed by atoms with van der Waals surface area (Å²) >= 11 is 4.46.